The zero-order valence-electron chi connectivity index (χ0n) is 11.6. The molecule has 0 aliphatic rings. The van der Waals surface area contributed by atoms with Gasteiger partial charge in [0.1, 0.15) is 0 Å². The highest BCUT2D eigenvalue weighted by Crippen LogP contribution is 2.14. The van der Waals surface area contributed by atoms with E-state index < -0.39 is 11.9 Å². The number of nitrogen functional groups attached to an aromatic ring is 1. The van der Waals surface area contributed by atoms with Crippen LogP contribution in [-0.4, -0.2) is 40.4 Å². The summed E-state index contributed by atoms with van der Waals surface area (Å²) in [7, 11) is 1.24. The fraction of sp³-hybridized carbons (Fsp3) is 0.231. The third-order valence-corrected chi connectivity index (χ3v) is 2.62. The van der Waals surface area contributed by atoms with E-state index in [4.69, 9.17) is 10.5 Å². The van der Waals surface area contributed by atoms with Gasteiger partial charge >= 0.3 is 11.9 Å². The van der Waals surface area contributed by atoms with Gasteiger partial charge in [0.2, 0.25) is 0 Å². The summed E-state index contributed by atoms with van der Waals surface area (Å²) in [5.41, 5.74) is 6.20. The molecule has 0 atom stereocenters. The Bertz CT molecular complexity index is 663. The number of ether oxygens (including phenoxy) is 2. The Kier molecular flexibility index (Phi) is 4.17. The normalized spacial score (nSPS) is 10.2. The molecule has 21 heavy (non-hydrogen) atoms. The van der Waals surface area contributed by atoms with Crippen LogP contribution in [-0.2, 0) is 9.47 Å². The second-order valence-corrected chi connectivity index (χ2v) is 3.99. The summed E-state index contributed by atoms with van der Waals surface area (Å²) >= 11 is 0. The summed E-state index contributed by atoms with van der Waals surface area (Å²) in [4.78, 5) is 27.0. The van der Waals surface area contributed by atoms with E-state index in [1.807, 2.05) is 0 Å². The van der Waals surface area contributed by atoms with E-state index in [-0.39, 0.29) is 11.4 Å². The number of carbonyl (C=O) groups is 2. The minimum absolute atomic E-state index is 0.00812. The highest BCUT2D eigenvalue weighted by molar-refractivity contribution is 5.92. The first-order valence-corrected chi connectivity index (χ1v) is 6.13. The van der Waals surface area contributed by atoms with Gasteiger partial charge in [0.25, 0.3) is 0 Å². The van der Waals surface area contributed by atoms with E-state index in [1.165, 1.54) is 24.2 Å². The predicted molar refractivity (Wildman–Crippen MR) is 73.1 cm³/mol. The molecule has 0 bridgehead atoms. The molecule has 0 aliphatic carbocycles. The third-order valence-electron chi connectivity index (χ3n) is 2.62. The highest BCUT2D eigenvalue weighted by Gasteiger charge is 2.16. The number of carbonyl (C=O) groups excluding carboxylic acids is 2. The first-order valence-electron chi connectivity index (χ1n) is 6.13. The van der Waals surface area contributed by atoms with Crippen LogP contribution in [0.2, 0.25) is 0 Å². The van der Waals surface area contributed by atoms with Crippen molar-refractivity contribution in [1.82, 2.24) is 14.8 Å². The van der Waals surface area contributed by atoms with Crippen LogP contribution in [0.5, 0.6) is 0 Å². The maximum Gasteiger partial charge on any atom is 0.360 e. The lowest BCUT2D eigenvalue weighted by Gasteiger charge is -2.03. The van der Waals surface area contributed by atoms with Gasteiger partial charge in [0, 0.05) is 6.20 Å². The zero-order chi connectivity index (χ0) is 15.4. The van der Waals surface area contributed by atoms with E-state index in [2.05, 4.69) is 14.8 Å². The summed E-state index contributed by atoms with van der Waals surface area (Å²) in [6.07, 6.45) is 2.81. The minimum atomic E-state index is -0.630. The predicted octanol–water partition coefficient (Wildman–Crippen LogP) is 0.813. The van der Waals surface area contributed by atoms with Crippen LogP contribution in [0.4, 0.5) is 5.69 Å². The fourth-order valence-corrected chi connectivity index (χ4v) is 1.62. The van der Waals surface area contributed by atoms with Gasteiger partial charge in [0.05, 0.1) is 31.2 Å². The first kappa shape index (κ1) is 14.5. The van der Waals surface area contributed by atoms with Crippen LogP contribution in [0.1, 0.15) is 27.8 Å². The second-order valence-electron chi connectivity index (χ2n) is 3.99. The fourth-order valence-electron chi connectivity index (χ4n) is 1.62. The Labute approximate surface area is 120 Å². The van der Waals surface area contributed by atoms with Crippen molar-refractivity contribution in [1.29, 1.82) is 0 Å². The standard InChI is InChI=1S/C13H14N4O4/c1-3-21-12(18)8-4-5-10(15-6-8)17-7-9(14)11(16-17)13(19)20-2/h4-7H,3,14H2,1-2H3. The second kappa shape index (κ2) is 6.04. The van der Waals surface area contributed by atoms with Gasteiger partial charge in [-0.25, -0.2) is 19.3 Å². The molecule has 0 unspecified atom stereocenters. The van der Waals surface area contributed by atoms with Gasteiger partial charge < -0.3 is 15.2 Å². The molecule has 0 spiro atoms. The van der Waals surface area contributed by atoms with E-state index >= 15 is 0 Å². The topological polar surface area (TPSA) is 109 Å². The number of anilines is 1. The number of nitrogens with zero attached hydrogens (tertiary/aromatic N) is 3. The van der Waals surface area contributed by atoms with Crippen molar-refractivity contribution in [3.63, 3.8) is 0 Å². The minimum Gasteiger partial charge on any atom is -0.464 e. The van der Waals surface area contributed by atoms with Gasteiger partial charge in [-0.2, -0.15) is 5.10 Å². The summed E-state index contributed by atoms with van der Waals surface area (Å²) in [6.45, 7) is 2.01. The van der Waals surface area contributed by atoms with E-state index in [0.29, 0.717) is 18.0 Å². The van der Waals surface area contributed by atoms with Crippen molar-refractivity contribution in [3.05, 3.63) is 35.8 Å². The zero-order valence-corrected chi connectivity index (χ0v) is 11.6. The lowest BCUT2D eigenvalue weighted by molar-refractivity contribution is 0.0525. The quantitative estimate of drug-likeness (QED) is 0.830. The van der Waals surface area contributed by atoms with Gasteiger partial charge in [-0.05, 0) is 19.1 Å². The van der Waals surface area contributed by atoms with Crippen LogP contribution >= 0.6 is 0 Å². The number of nitrogens with two attached hydrogens (primary N) is 1. The maximum atomic E-state index is 11.5. The van der Waals surface area contributed by atoms with E-state index in [0.717, 1.165) is 0 Å². The number of pyridine rings is 1. The summed E-state index contributed by atoms with van der Waals surface area (Å²) in [6, 6.07) is 3.12. The number of aromatic nitrogens is 3. The molecule has 2 rings (SSSR count). The molecule has 2 aromatic heterocycles. The molecule has 110 valence electrons. The van der Waals surface area contributed by atoms with Gasteiger partial charge in [0.15, 0.2) is 11.5 Å². The smallest absolute Gasteiger partial charge is 0.360 e. The average Bonchev–Trinajstić information content (AvgIpc) is 2.89. The largest absolute Gasteiger partial charge is 0.464 e. The van der Waals surface area contributed by atoms with Gasteiger partial charge in [-0.3, -0.25) is 0 Å². The lowest BCUT2D eigenvalue weighted by Crippen LogP contribution is -2.08. The molecule has 0 aromatic carbocycles. The summed E-state index contributed by atoms with van der Waals surface area (Å²) in [5.74, 6) is -0.675. The lowest BCUT2D eigenvalue weighted by atomic mass is 10.3. The van der Waals surface area contributed by atoms with Gasteiger partial charge in [-0.1, -0.05) is 0 Å². The van der Waals surface area contributed by atoms with E-state index in [1.54, 1.807) is 19.1 Å². The molecule has 0 amide bonds. The Morgan fingerprint density at radius 2 is 2.10 bits per heavy atom. The molecule has 8 nitrogen and oxygen atoms in total. The van der Waals surface area contributed by atoms with E-state index in [9.17, 15) is 9.59 Å². The van der Waals surface area contributed by atoms with Crippen LogP contribution in [0.25, 0.3) is 5.82 Å². The molecule has 0 fully saturated rings. The molecule has 0 saturated heterocycles. The summed E-state index contributed by atoms with van der Waals surface area (Å²) < 4.78 is 10.8. The number of rotatable bonds is 4. The van der Waals surface area contributed by atoms with Crippen molar-refractivity contribution < 1.29 is 19.1 Å². The first-order chi connectivity index (χ1) is 10.1. The van der Waals surface area contributed by atoms with Crippen molar-refractivity contribution in [2.75, 3.05) is 19.5 Å². The van der Waals surface area contributed by atoms with Crippen molar-refractivity contribution >= 4 is 17.6 Å². The van der Waals surface area contributed by atoms with Crippen LogP contribution in [0, 0.1) is 0 Å². The Morgan fingerprint density at radius 3 is 2.67 bits per heavy atom. The monoisotopic (exact) mass is 290 g/mol. The van der Waals surface area contributed by atoms with Crippen LogP contribution < -0.4 is 5.73 Å². The third kappa shape index (κ3) is 2.99. The van der Waals surface area contributed by atoms with Gasteiger partial charge in [-0.15, -0.1) is 0 Å². The molecule has 2 heterocycles. The van der Waals surface area contributed by atoms with Crippen molar-refractivity contribution in [3.8, 4) is 5.82 Å². The molecule has 2 N–H and O–H groups in total. The van der Waals surface area contributed by atoms with Crippen molar-refractivity contribution in [2.24, 2.45) is 0 Å². The van der Waals surface area contributed by atoms with Crippen LogP contribution in [0.15, 0.2) is 24.5 Å². The number of methoxy groups -OCH3 is 1. The molecule has 0 radical (unpaired) electrons. The number of hydrogen-bond acceptors (Lipinski definition) is 7. The molecule has 2 aromatic rings. The summed E-state index contributed by atoms with van der Waals surface area (Å²) in [5, 5.41) is 4.00. The Morgan fingerprint density at radius 1 is 1.33 bits per heavy atom. The molecule has 0 saturated carbocycles. The molecule has 8 heteroatoms. The Hall–Kier alpha value is -2.90. The SMILES string of the molecule is CCOC(=O)c1ccc(-n2cc(N)c(C(=O)OC)n2)nc1. The highest BCUT2D eigenvalue weighted by atomic mass is 16.5. The van der Waals surface area contributed by atoms with Crippen LogP contribution in [0.3, 0.4) is 0 Å². The maximum absolute atomic E-state index is 11.5. The molecular formula is C13H14N4O4. The Balaban J connectivity index is 2.27. The van der Waals surface area contributed by atoms with Crippen molar-refractivity contribution in [2.45, 2.75) is 6.92 Å². The average molecular weight is 290 g/mol. The molecule has 0 aliphatic heterocycles. The molecular weight excluding hydrogens is 276 g/mol. The number of hydrogen-bond donors (Lipinski definition) is 1. The number of esters is 2.